The van der Waals surface area contributed by atoms with E-state index in [9.17, 15) is 9.59 Å². The number of carbonyl (C=O) groups is 2. The van der Waals surface area contributed by atoms with Gasteiger partial charge in [0.1, 0.15) is 0 Å². The van der Waals surface area contributed by atoms with Crippen LogP contribution in [0.15, 0.2) is 66.0 Å². The number of nitrogens with one attached hydrogen (secondary N) is 2. The first-order valence-corrected chi connectivity index (χ1v) is 9.85. The first-order valence-electron chi connectivity index (χ1n) is 8.97. The summed E-state index contributed by atoms with van der Waals surface area (Å²) in [6.07, 6.45) is 1.31. The second-order valence-electron chi connectivity index (χ2n) is 6.21. The fourth-order valence-corrected chi connectivity index (χ4v) is 3.63. The lowest BCUT2D eigenvalue weighted by Gasteiger charge is -2.09. The second-order valence-corrected chi connectivity index (χ2v) is 7.13. The molecule has 0 aliphatic carbocycles. The molecule has 0 aliphatic heterocycles. The lowest BCUT2D eigenvalue weighted by Crippen LogP contribution is -2.22. The van der Waals surface area contributed by atoms with E-state index in [2.05, 4.69) is 10.6 Å². The van der Waals surface area contributed by atoms with Gasteiger partial charge in [-0.15, -0.1) is 11.3 Å². The van der Waals surface area contributed by atoms with E-state index >= 15 is 0 Å². The van der Waals surface area contributed by atoms with Gasteiger partial charge in [0.25, 0.3) is 5.91 Å². The van der Waals surface area contributed by atoms with Crippen molar-refractivity contribution in [2.75, 3.05) is 5.32 Å². The summed E-state index contributed by atoms with van der Waals surface area (Å²) in [6, 6.07) is 19.4. The third-order valence-corrected chi connectivity index (χ3v) is 5.01. The number of thiophene rings is 1. The molecule has 4 nitrogen and oxygen atoms in total. The maximum absolute atomic E-state index is 12.7. The fraction of sp³-hybridized carbons (Fsp3) is 0.182. The SMILES string of the molecule is CCCC(=O)Nc1cccc(CNC(=O)c2sccc2-c2ccccc2)c1. The van der Waals surface area contributed by atoms with E-state index in [1.807, 2.05) is 73.0 Å². The van der Waals surface area contributed by atoms with Gasteiger partial charge in [0, 0.05) is 24.2 Å². The van der Waals surface area contributed by atoms with Crippen LogP contribution in [0, 0.1) is 0 Å². The van der Waals surface area contributed by atoms with Gasteiger partial charge in [-0.25, -0.2) is 0 Å². The Morgan fingerprint density at radius 2 is 1.81 bits per heavy atom. The summed E-state index contributed by atoms with van der Waals surface area (Å²) in [5.74, 6) is -0.0888. The molecule has 1 heterocycles. The molecule has 0 radical (unpaired) electrons. The highest BCUT2D eigenvalue weighted by Crippen LogP contribution is 2.28. The Balaban J connectivity index is 1.65. The lowest BCUT2D eigenvalue weighted by molar-refractivity contribution is -0.116. The Morgan fingerprint density at radius 1 is 1.00 bits per heavy atom. The molecule has 138 valence electrons. The predicted molar refractivity (Wildman–Crippen MR) is 111 cm³/mol. The summed E-state index contributed by atoms with van der Waals surface area (Å²) in [4.78, 5) is 25.1. The van der Waals surface area contributed by atoms with E-state index in [4.69, 9.17) is 0 Å². The molecular formula is C22H22N2O2S. The van der Waals surface area contributed by atoms with Gasteiger partial charge >= 0.3 is 0 Å². The van der Waals surface area contributed by atoms with Crippen molar-refractivity contribution in [3.8, 4) is 11.1 Å². The van der Waals surface area contributed by atoms with E-state index in [0.29, 0.717) is 17.8 Å². The Hall–Kier alpha value is -2.92. The van der Waals surface area contributed by atoms with Gasteiger partial charge < -0.3 is 10.6 Å². The van der Waals surface area contributed by atoms with Crippen LogP contribution in [0.25, 0.3) is 11.1 Å². The molecule has 3 rings (SSSR count). The van der Waals surface area contributed by atoms with Crippen molar-refractivity contribution in [3.63, 3.8) is 0 Å². The van der Waals surface area contributed by atoms with E-state index in [1.54, 1.807) is 0 Å². The number of rotatable bonds is 7. The first kappa shape index (κ1) is 18.9. The maximum atomic E-state index is 12.7. The van der Waals surface area contributed by atoms with Crippen molar-refractivity contribution in [1.29, 1.82) is 0 Å². The normalized spacial score (nSPS) is 10.4. The predicted octanol–water partition coefficient (Wildman–Crippen LogP) is 5.08. The zero-order chi connectivity index (χ0) is 19.1. The zero-order valence-electron chi connectivity index (χ0n) is 15.2. The number of hydrogen-bond donors (Lipinski definition) is 2. The molecule has 2 aromatic carbocycles. The molecule has 0 saturated heterocycles. The van der Waals surface area contributed by atoms with Crippen LogP contribution in [0.1, 0.15) is 35.0 Å². The van der Waals surface area contributed by atoms with Gasteiger partial charge in [0.05, 0.1) is 4.88 Å². The van der Waals surface area contributed by atoms with Crippen LogP contribution in [0.5, 0.6) is 0 Å². The summed E-state index contributed by atoms with van der Waals surface area (Å²) >= 11 is 1.44. The minimum atomic E-state index is -0.0933. The average Bonchev–Trinajstić information content (AvgIpc) is 3.17. The van der Waals surface area contributed by atoms with Gasteiger partial charge in [0.15, 0.2) is 0 Å². The van der Waals surface area contributed by atoms with E-state index in [1.165, 1.54) is 11.3 Å². The number of carbonyl (C=O) groups excluding carboxylic acids is 2. The molecule has 0 atom stereocenters. The molecule has 5 heteroatoms. The summed E-state index contributed by atoms with van der Waals surface area (Å²) in [7, 11) is 0. The molecule has 2 amide bonds. The molecule has 0 saturated carbocycles. The van der Waals surface area contributed by atoms with E-state index in [0.717, 1.165) is 28.8 Å². The number of anilines is 1. The smallest absolute Gasteiger partial charge is 0.262 e. The lowest BCUT2D eigenvalue weighted by atomic mass is 10.1. The first-order chi connectivity index (χ1) is 13.2. The number of benzene rings is 2. The van der Waals surface area contributed by atoms with Crippen molar-refractivity contribution < 1.29 is 9.59 Å². The fourth-order valence-electron chi connectivity index (χ4n) is 2.80. The van der Waals surface area contributed by atoms with Crippen LogP contribution in [0.2, 0.25) is 0 Å². The molecule has 0 spiro atoms. The zero-order valence-corrected chi connectivity index (χ0v) is 16.0. The molecule has 0 aliphatic rings. The summed E-state index contributed by atoms with van der Waals surface area (Å²) in [5.41, 5.74) is 3.67. The molecule has 27 heavy (non-hydrogen) atoms. The Labute approximate surface area is 163 Å². The van der Waals surface area contributed by atoms with Crippen LogP contribution >= 0.6 is 11.3 Å². The molecule has 2 N–H and O–H groups in total. The van der Waals surface area contributed by atoms with Crippen molar-refractivity contribution in [1.82, 2.24) is 5.32 Å². The third-order valence-electron chi connectivity index (χ3n) is 4.10. The van der Waals surface area contributed by atoms with Gasteiger partial charge in [-0.3, -0.25) is 9.59 Å². The standard InChI is InChI=1S/C22H22N2O2S/c1-2-7-20(25)24-18-11-6-8-16(14-18)15-23-22(26)21-19(12-13-27-21)17-9-4-3-5-10-17/h3-6,8-14H,2,7,15H2,1H3,(H,23,26)(H,24,25). The van der Waals surface area contributed by atoms with Crippen molar-refractivity contribution in [2.24, 2.45) is 0 Å². The molecule has 3 aromatic rings. The number of amides is 2. The summed E-state index contributed by atoms with van der Waals surface area (Å²) in [5, 5.41) is 7.79. The highest BCUT2D eigenvalue weighted by Gasteiger charge is 2.14. The van der Waals surface area contributed by atoms with Crippen molar-refractivity contribution in [3.05, 3.63) is 76.5 Å². The molecular weight excluding hydrogens is 356 g/mol. The molecule has 1 aromatic heterocycles. The molecule has 0 unspecified atom stereocenters. The monoisotopic (exact) mass is 378 g/mol. The summed E-state index contributed by atoms with van der Waals surface area (Å²) in [6.45, 7) is 2.38. The van der Waals surface area contributed by atoms with Crippen LogP contribution in [0.4, 0.5) is 5.69 Å². The Morgan fingerprint density at radius 3 is 2.59 bits per heavy atom. The third kappa shape index (κ3) is 5.05. The second kappa shape index (κ2) is 9.14. The maximum Gasteiger partial charge on any atom is 0.262 e. The largest absolute Gasteiger partial charge is 0.347 e. The van der Waals surface area contributed by atoms with Crippen molar-refractivity contribution in [2.45, 2.75) is 26.3 Å². The highest BCUT2D eigenvalue weighted by atomic mass is 32.1. The molecule has 0 fully saturated rings. The van der Waals surface area contributed by atoms with Gasteiger partial charge in [0.2, 0.25) is 5.91 Å². The quantitative estimate of drug-likeness (QED) is 0.602. The Kier molecular flexibility index (Phi) is 6.39. The number of hydrogen-bond acceptors (Lipinski definition) is 3. The van der Waals surface area contributed by atoms with E-state index < -0.39 is 0 Å². The van der Waals surface area contributed by atoms with Gasteiger partial charge in [-0.1, -0.05) is 49.4 Å². The van der Waals surface area contributed by atoms with Crippen molar-refractivity contribution >= 4 is 28.8 Å². The topological polar surface area (TPSA) is 58.2 Å². The van der Waals surface area contributed by atoms with Crippen LogP contribution in [-0.4, -0.2) is 11.8 Å². The van der Waals surface area contributed by atoms with Gasteiger partial charge in [-0.2, -0.15) is 0 Å². The van der Waals surface area contributed by atoms with Gasteiger partial charge in [-0.05, 0) is 41.1 Å². The van der Waals surface area contributed by atoms with Crippen LogP contribution < -0.4 is 10.6 Å². The Bertz CT molecular complexity index is 919. The van der Waals surface area contributed by atoms with E-state index in [-0.39, 0.29) is 11.8 Å². The summed E-state index contributed by atoms with van der Waals surface area (Å²) < 4.78 is 0. The minimum absolute atomic E-state index is 0.00442. The molecule has 0 bridgehead atoms. The average molecular weight is 378 g/mol. The minimum Gasteiger partial charge on any atom is -0.347 e. The highest BCUT2D eigenvalue weighted by molar-refractivity contribution is 7.12. The van der Waals surface area contributed by atoms with Crippen LogP contribution in [0.3, 0.4) is 0 Å². The van der Waals surface area contributed by atoms with Crippen LogP contribution in [-0.2, 0) is 11.3 Å².